The average molecular weight is 321 g/mol. The first-order chi connectivity index (χ1) is 10.2. The molecule has 0 aliphatic carbocycles. The topological polar surface area (TPSA) is 81.5 Å². The molecule has 0 radical (unpaired) electrons. The Morgan fingerprint density at radius 2 is 1.82 bits per heavy atom. The van der Waals surface area contributed by atoms with Crippen molar-refractivity contribution in [2.45, 2.75) is 25.1 Å². The van der Waals surface area contributed by atoms with Crippen molar-refractivity contribution in [1.29, 1.82) is 5.26 Å². The third kappa shape index (κ3) is 2.98. The number of carbonyl (C=O) groups is 1. The molecule has 1 aromatic rings. The fourth-order valence-corrected chi connectivity index (χ4v) is 4.55. The van der Waals surface area contributed by atoms with Crippen molar-refractivity contribution in [1.82, 2.24) is 9.21 Å². The van der Waals surface area contributed by atoms with E-state index in [4.69, 9.17) is 5.26 Å². The van der Waals surface area contributed by atoms with Crippen LogP contribution in [0.5, 0.6) is 0 Å². The number of nitriles is 1. The van der Waals surface area contributed by atoms with E-state index in [2.05, 4.69) is 0 Å². The second kappa shape index (κ2) is 5.71. The first-order valence-electron chi connectivity index (χ1n) is 6.93. The van der Waals surface area contributed by atoms with Crippen molar-refractivity contribution >= 4 is 15.9 Å². The monoisotopic (exact) mass is 321 g/mol. The summed E-state index contributed by atoms with van der Waals surface area (Å²) in [5, 5.41) is 8.77. The van der Waals surface area contributed by atoms with E-state index in [-0.39, 0.29) is 18.2 Å². The zero-order valence-corrected chi connectivity index (χ0v) is 13.7. The molecule has 1 aliphatic rings. The van der Waals surface area contributed by atoms with Gasteiger partial charge in [-0.15, -0.1) is 0 Å². The van der Waals surface area contributed by atoms with E-state index in [1.807, 2.05) is 6.07 Å². The van der Waals surface area contributed by atoms with E-state index in [0.29, 0.717) is 17.7 Å². The lowest BCUT2D eigenvalue weighted by atomic mass is 10.0. The molecule has 0 atom stereocenters. The number of piperazine rings is 1. The highest BCUT2D eigenvalue weighted by Crippen LogP contribution is 2.26. The van der Waals surface area contributed by atoms with Gasteiger partial charge in [-0.2, -0.15) is 9.57 Å². The molecule has 1 aliphatic heterocycles. The summed E-state index contributed by atoms with van der Waals surface area (Å²) in [7, 11) is -1.94. The van der Waals surface area contributed by atoms with Crippen LogP contribution in [0.25, 0.3) is 0 Å². The van der Waals surface area contributed by atoms with Crippen LogP contribution in [0.3, 0.4) is 0 Å². The molecule has 2 rings (SSSR count). The second-order valence-electron chi connectivity index (χ2n) is 5.92. The maximum atomic E-state index is 12.7. The van der Waals surface area contributed by atoms with Crippen molar-refractivity contribution in [3.63, 3.8) is 0 Å². The summed E-state index contributed by atoms with van der Waals surface area (Å²) in [5.41, 5.74) is -0.00394. The molecule has 6 nitrogen and oxygen atoms in total. The average Bonchev–Trinajstić information content (AvgIpc) is 2.45. The smallest absolute Gasteiger partial charge is 0.243 e. The molecule has 0 N–H and O–H groups in total. The summed E-state index contributed by atoms with van der Waals surface area (Å²) in [6, 6.07) is 8.42. The minimum atomic E-state index is -3.62. The zero-order valence-electron chi connectivity index (χ0n) is 12.9. The van der Waals surface area contributed by atoms with Gasteiger partial charge in [-0.25, -0.2) is 8.42 Å². The van der Waals surface area contributed by atoms with Gasteiger partial charge < -0.3 is 4.90 Å². The van der Waals surface area contributed by atoms with Crippen molar-refractivity contribution in [3.05, 3.63) is 35.4 Å². The SMILES string of the molecule is CN1CCN(S(=O)(=O)Cc2ccc(C#N)cc2)C(C)(C)C1=O. The predicted molar refractivity (Wildman–Crippen MR) is 82.2 cm³/mol. The summed E-state index contributed by atoms with van der Waals surface area (Å²) >= 11 is 0. The fourth-order valence-electron chi connectivity index (χ4n) is 2.65. The van der Waals surface area contributed by atoms with Gasteiger partial charge in [-0.05, 0) is 31.5 Å². The minimum absolute atomic E-state index is 0.181. The van der Waals surface area contributed by atoms with E-state index in [1.54, 1.807) is 50.1 Å². The second-order valence-corrected chi connectivity index (χ2v) is 7.82. The number of rotatable bonds is 3. The Labute approximate surface area is 131 Å². The van der Waals surface area contributed by atoms with Gasteiger partial charge in [0.2, 0.25) is 15.9 Å². The van der Waals surface area contributed by atoms with Crippen LogP contribution in [0.2, 0.25) is 0 Å². The Balaban J connectivity index is 2.26. The standard InChI is InChI=1S/C15H19N3O3S/c1-15(2)14(19)17(3)8-9-18(15)22(20,21)11-13-6-4-12(10-16)5-7-13/h4-7H,8-9,11H2,1-3H3. The van der Waals surface area contributed by atoms with Gasteiger partial charge in [-0.3, -0.25) is 4.79 Å². The third-order valence-corrected chi connectivity index (χ3v) is 5.91. The summed E-state index contributed by atoms with van der Waals surface area (Å²) in [5.74, 6) is -0.388. The van der Waals surface area contributed by atoms with Crippen LogP contribution in [0.1, 0.15) is 25.0 Å². The molecule has 7 heteroatoms. The quantitative estimate of drug-likeness (QED) is 0.830. The predicted octanol–water partition coefficient (Wildman–Crippen LogP) is 0.941. The summed E-state index contributed by atoms with van der Waals surface area (Å²) in [6.45, 7) is 3.92. The minimum Gasteiger partial charge on any atom is -0.343 e. The fraction of sp³-hybridized carbons (Fsp3) is 0.467. The first-order valence-corrected chi connectivity index (χ1v) is 8.54. The van der Waals surface area contributed by atoms with Gasteiger partial charge in [0.15, 0.2) is 0 Å². The normalized spacial score (nSPS) is 19.0. The number of hydrogen-bond acceptors (Lipinski definition) is 4. The lowest BCUT2D eigenvalue weighted by Crippen LogP contribution is -2.63. The Morgan fingerprint density at radius 3 is 2.36 bits per heavy atom. The molecular formula is C15H19N3O3S. The lowest BCUT2D eigenvalue weighted by Gasteiger charge is -2.43. The number of benzene rings is 1. The van der Waals surface area contributed by atoms with Crippen LogP contribution in [0.4, 0.5) is 0 Å². The molecular weight excluding hydrogens is 302 g/mol. The van der Waals surface area contributed by atoms with E-state index in [9.17, 15) is 13.2 Å². The largest absolute Gasteiger partial charge is 0.343 e. The maximum absolute atomic E-state index is 12.7. The van der Waals surface area contributed by atoms with Gasteiger partial charge in [0.05, 0.1) is 17.4 Å². The molecule has 0 saturated carbocycles. The van der Waals surface area contributed by atoms with Crippen molar-refractivity contribution < 1.29 is 13.2 Å². The van der Waals surface area contributed by atoms with Crippen LogP contribution >= 0.6 is 0 Å². The highest BCUT2D eigenvalue weighted by Gasteiger charge is 2.46. The molecule has 1 amide bonds. The number of sulfonamides is 1. The zero-order chi connectivity index (χ0) is 16.5. The highest BCUT2D eigenvalue weighted by atomic mass is 32.2. The van der Waals surface area contributed by atoms with E-state index >= 15 is 0 Å². The number of nitrogens with zero attached hydrogens (tertiary/aromatic N) is 3. The van der Waals surface area contributed by atoms with Gasteiger partial charge in [0, 0.05) is 20.1 Å². The number of carbonyl (C=O) groups excluding carboxylic acids is 1. The van der Waals surface area contributed by atoms with E-state index < -0.39 is 15.6 Å². The van der Waals surface area contributed by atoms with E-state index in [0.717, 1.165) is 0 Å². The Hall–Kier alpha value is -1.91. The molecule has 0 unspecified atom stereocenters. The molecule has 118 valence electrons. The van der Waals surface area contributed by atoms with Crippen LogP contribution in [0, 0.1) is 11.3 Å². The Bertz CT molecular complexity index is 717. The van der Waals surface area contributed by atoms with Gasteiger partial charge in [0.25, 0.3) is 0 Å². The first kappa shape index (κ1) is 16.5. The van der Waals surface area contributed by atoms with Crippen molar-refractivity contribution in [2.24, 2.45) is 0 Å². The van der Waals surface area contributed by atoms with Gasteiger partial charge in [-0.1, -0.05) is 12.1 Å². The van der Waals surface area contributed by atoms with Crippen LogP contribution in [-0.4, -0.2) is 49.2 Å². The molecule has 1 fully saturated rings. The number of hydrogen-bond donors (Lipinski definition) is 0. The number of amides is 1. The van der Waals surface area contributed by atoms with Crippen LogP contribution in [-0.2, 0) is 20.6 Å². The summed E-state index contributed by atoms with van der Waals surface area (Å²) in [6.07, 6.45) is 0. The van der Waals surface area contributed by atoms with Crippen molar-refractivity contribution in [2.75, 3.05) is 20.1 Å². The van der Waals surface area contributed by atoms with Crippen molar-refractivity contribution in [3.8, 4) is 6.07 Å². The number of likely N-dealkylation sites (N-methyl/N-ethyl adjacent to an activating group) is 1. The van der Waals surface area contributed by atoms with E-state index in [1.165, 1.54) is 4.31 Å². The van der Waals surface area contributed by atoms with Crippen LogP contribution < -0.4 is 0 Å². The molecule has 22 heavy (non-hydrogen) atoms. The highest BCUT2D eigenvalue weighted by molar-refractivity contribution is 7.88. The maximum Gasteiger partial charge on any atom is 0.243 e. The lowest BCUT2D eigenvalue weighted by molar-refractivity contribution is -0.142. The Morgan fingerprint density at radius 1 is 1.23 bits per heavy atom. The molecule has 0 spiro atoms. The molecule has 1 saturated heterocycles. The molecule has 0 aromatic heterocycles. The van der Waals surface area contributed by atoms with Gasteiger partial charge in [0.1, 0.15) is 5.54 Å². The summed E-state index contributed by atoms with van der Waals surface area (Å²) in [4.78, 5) is 13.8. The summed E-state index contributed by atoms with van der Waals surface area (Å²) < 4.78 is 26.6. The molecule has 1 aromatic carbocycles. The Kier molecular flexibility index (Phi) is 4.27. The molecule has 0 bridgehead atoms. The molecule has 1 heterocycles. The third-order valence-electron chi connectivity index (χ3n) is 3.90. The van der Waals surface area contributed by atoms with Crippen LogP contribution in [0.15, 0.2) is 24.3 Å². The van der Waals surface area contributed by atoms with Gasteiger partial charge >= 0.3 is 0 Å².